The normalized spacial score (nSPS) is 18.7. The average molecular weight is 290 g/mol. The lowest BCUT2D eigenvalue weighted by Crippen LogP contribution is -2.60. The molecular formula is C15H18N2O4. The minimum absolute atomic E-state index is 0.0788. The van der Waals surface area contributed by atoms with Crippen molar-refractivity contribution in [3.8, 4) is 0 Å². The van der Waals surface area contributed by atoms with Crippen molar-refractivity contribution >= 4 is 17.8 Å². The summed E-state index contributed by atoms with van der Waals surface area (Å²) in [7, 11) is 1.27. The highest BCUT2D eigenvalue weighted by molar-refractivity contribution is 5.99. The molecule has 1 fully saturated rings. The lowest BCUT2D eigenvalue weighted by Gasteiger charge is -2.43. The number of likely N-dealkylation sites (tertiary alicyclic amines) is 1. The zero-order chi connectivity index (χ0) is 15.4. The molecule has 1 aromatic carbocycles. The van der Waals surface area contributed by atoms with Gasteiger partial charge in [-0.1, -0.05) is 30.3 Å². The second-order valence-electron chi connectivity index (χ2n) is 4.75. The maximum Gasteiger partial charge on any atom is 0.329 e. The van der Waals surface area contributed by atoms with Crippen LogP contribution in [0.15, 0.2) is 30.3 Å². The summed E-state index contributed by atoms with van der Waals surface area (Å²) in [4.78, 5) is 37.3. The van der Waals surface area contributed by atoms with Gasteiger partial charge in [0.05, 0.1) is 13.5 Å². The van der Waals surface area contributed by atoms with Crippen LogP contribution in [0.3, 0.4) is 0 Å². The smallest absolute Gasteiger partial charge is 0.329 e. The van der Waals surface area contributed by atoms with Gasteiger partial charge in [-0.2, -0.15) is 0 Å². The van der Waals surface area contributed by atoms with E-state index < -0.39 is 18.1 Å². The molecule has 2 atom stereocenters. The zero-order valence-corrected chi connectivity index (χ0v) is 12.0. The van der Waals surface area contributed by atoms with E-state index in [1.807, 2.05) is 6.07 Å². The van der Waals surface area contributed by atoms with Gasteiger partial charge < -0.3 is 15.0 Å². The van der Waals surface area contributed by atoms with Gasteiger partial charge in [0, 0.05) is 6.54 Å². The molecule has 1 N–H and O–H groups in total. The molecule has 1 heterocycles. The van der Waals surface area contributed by atoms with Crippen LogP contribution >= 0.6 is 0 Å². The molecule has 1 saturated heterocycles. The highest BCUT2D eigenvalue weighted by atomic mass is 16.5. The van der Waals surface area contributed by atoms with Gasteiger partial charge in [0.2, 0.25) is 11.8 Å². The van der Waals surface area contributed by atoms with Crippen LogP contribution in [0.4, 0.5) is 0 Å². The van der Waals surface area contributed by atoms with Crippen molar-refractivity contribution in [2.24, 2.45) is 0 Å². The van der Waals surface area contributed by atoms with Gasteiger partial charge in [-0.3, -0.25) is 9.59 Å². The third-order valence-corrected chi connectivity index (χ3v) is 3.46. The Morgan fingerprint density at radius 1 is 1.38 bits per heavy atom. The molecule has 0 aliphatic carbocycles. The van der Waals surface area contributed by atoms with E-state index in [0.29, 0.717) is 12.1 Å². The number of benzene rings is 1. The van der Waals surface area contributed by atoms with E-state index in [4.69, 9.17) is 4.74 Å². The molecule has 6 heteroatoms. The maximum atomic E-state index is 12.3. The number of nitrogens with zero attached hydrogens (tertiary/aromatic N) is 1. The fourth-order valence-corrected chi connectivity index (χ4v) is 2.43. The Bertz CT molecular complexity index is 544. The summed E-state index contributed by atoms with van der Waals surface area (Å²) in [5, 5.41) is 2.71. The van der Waals surface area contributed by atoms with E-state index in [2.05, 4.69) is 5.32 Å². The van der Waals surface area contributed by atoms with E-state index in [9.17, 15) is 14.4 Å². The second kappa shape index (κ2) is 6.39. The largest absolute Gasteiger partial charge is 0.467 e. The Hall–Kier alpha value is -2.37. The molecule has 0 aromatic heterocycles. The quantitative estimate of drug-likeness (QED) is 0.638. The van der Waals surface area contributed by atoms with Gasteiger partial charge in [-0.25, -0.2) is 4.79 Å². The molecule has 1 aromatic rings. The number of ether oxygens (including phenoxy) is 1. The van der Waals surface area contributed by atoms with Crippen LogP contribution in [0.1, 0.15) is 24.9 Å². The zero-order valence-electron chi connectivity index (χ0n) is 12.0. The van der Waals surface area contributed by atoms with Gasteiger partial charge in [0.1, 0.15) is 12.1 Å². The molecule has 1 unspecified atom stereocenters. The van der Waals surface area contributed by atoms with E-state index in [1.54, 1.807) is 31.2 Å². The number of methoxy groups -OCH3 is 1. The lowest BCUT2D eigenvalue weighted by atomic mass is 9.94. The molecule has 112 valence electrons. The Balaban J connectivity index is 2.33. The first kappa shape index (κ1) is 15.0. The predicted octanol–water partition coefficient (Wildman–Crippen LogP) is 0.638. The Labute approximate surface area is 123 Å². The van der Waals surface area contributed by atoms with Crippen LogP contribution in [-0.4, -0.2) is 42.4 Å². The monoisotopic (exact) mass is 290 g/mol. The second-order valence-corrected chi connectivity index (χ2v) is 4.75. The van der Waals surface area contributed by atoms with Crippen LogP contribution in [0.2, 0.25) is 0 Å². The summed E-state index contributed by atoms with van der Waals surface area (Å²) in [5.74, 6) is -1.03. The number of nitrogens with one attached hydrogen (secondary N) is 1. The van der Waals surface area contributed by atoms with E-state index in [-0.39, 0.29) is 18.2 Å². The Morgan fingerprint density at radius 2 is 2.05 bits per heavy atom. The summed E-state index contributed by atoms with van der Waals surface area (Å²) in [5.41, 5.74) is 0.672. The van der Waals surface area contributed by atoms with Crippen molar-refractivity contribution in [3.63, 3.8) is 0 Å². The molecule has 0 radical (unpaired) electrons. The van der Waals surface area contributed by atoms with Crippen LogP contribution in [0.5, 0.6) is 0 Å². The van der Waals surface area contributed by atoms with E-state index >= 15 is 0 Å². The standard InChI is InChI=1S/C15H18N2O4/c1-3-16-14(19)13(10-7-5-4-6-8-10)17-11(9-12(17)18)15(20)21-2/h4-8,11,13H,3,9H2,1-2H3,(H,16,19)/t11-,13?/m0/s1. The topological polar surface area (TPSA) is 75.7 Å². The molecule has 1 aliphatic rings. The van der Waals surface area contributed by atoms with Crippen LogP contribution < -0.4 is 5.32 Å². The van der Waals surface area contributed by atoms with Gasteiger partial charge in [0.15, 0.2) is 0 Å². The number of β-lactam (4-membered cyclic amide) rings is 1. The fraction of sp³-hybridized carbons (Fsp3) is 0.400. The highest BCUT2D eigenvalue weighted by Gasteiger charge is 2.48. The Kier molecular flexibility index (Phi) is 4.57. The summed E-state index contributed by atoms with van der Waals surface area (Å²) < 4.78 is 4.69. The number of carbonyl (C=O) groups excluding carboxylic acids is 3. The third kappa shape index (κ3) is 2.89. The van der Waals surface area contributed by atoms with Crippen molar-refractivity contribution in [2.75, 3.05) is 13.7 Å². The van der Waals surface area contributed by atoms with Crippen molar-refractivity contribution in [3.05, 3.63) is 35.9 Å². The maximum absolute atomic E-state index is 12.3. The molecule has 21 heavy (non-hydrogen) atoms. The van der Waals surface area contributed by atoms with Crippen molar-refractivity contribution in [2.45, 2.75) is 25.4 Å². The molecule has 0 bridgehead atoms. The van der Waals surface area contributed by atoms with Crippen LogP contribution in [-0.2, 0) is 19.1 Å². The lowest BCUT2D eigenvalue weighted by molar-refractivity contribution is -0.169. The summed E-state index contributed by atoms with van der Waals surface area (Å²) in [6, 6.07) is 7.43. The van der Waals surface area contributed by atoms with Gasteiger partial charge in [0.25, 0.3) is 0 Å². The minimum Gasteiger partial charge on any atom is -0.467 e. The number of hydrogen-bond acceptors (Lipinski definition) is 4. The Morgan fingerprint density at radius 3 is 2.57 bits per heavy atom. The first-order valence-electron chi connectivity index (χ1n) is 6.81. The number of esters is 1. The third-order valence-electron chi connectivity index (χ3n) is 3.46. The number of likely N-dealkylation sites (N-methyl/N-ethyl adjacent to an activating group) is 1. The fourth-order valence-electron chi connectivity index (χ4n) is 2.43. The molecular weight excluding hydrogens is 272 g/mol. The van der Waals surface area contributed by atoms with Gasteiger partial charge in [-0.15, -0.1) is 0 Å². The summed E-state index contributed by atoms with van der Waals surface area (Å²) >= 11 is 0. The average Bonchev–Trinajstić information content (AvgIpc) is 2.50. The number of hydrogen-bond donors (Lipinski definition) is 1. The highest BCUT2D eigenvalue weighted by Crippen LogP contribution is 2.32. The minimum atomic E-state index is -0.809. The van der Waals surface area contributed by atoms with Crippen molar-refractivity contribution < 1.29 is 19.1 Å². The number of rotatable bonds is 5. The van der Waals surface area contributed by atoms with Crippen LogP contribution in [0, 0.1) is 0 Å². The molecule has 2 rings (SSSR count). The first-order valence-corrected chi connectivity index (χ1v) is 6.81. The SMILES string of the molecule is CCNC(=O)C(c1ccccc1)N1C(=O)C[C@H]1C(=O)OC. The van der Waals surface area contributed by atoms with Crippen molar-refractivity contribution in [1.29, 1.82) is 0 Å². The molecule has 0 spiro atoms. The number of amides is 2. The first-order chi connectivity index (χ1) is 10.1. The van der Waals surface area contributed by atoms with Gasteiger partial charge >= 0.3 is 5.97 Å². The molecule has 6 nitrogen and oxygen atoms in total. The molecule has 2 amide bonds. The predicted molar refractivity (Wildman–Crippen MR) is 75.1 cm³/mol. The van der Waals surface area contributed by atoms with Gasteiger partial charge in [-0.05, 0) is 12.5 Å². The molecule has 0 saturated carbocycles. The number of carbonyl (C=O) groups is 3. The van der Waals surface area contributed by atoms with E-state index in [1.165, 1.54) is 12.0 Å². The van der Waals surface area contributed by atoms with Crippen LogP contribution in [0.25, 0.3) is 0 Å². The molecule has 1 aliphatic heterocycles. The van der Waals surface area contributed by atoms with E-state index in [0.717, 1.165) is 0 Å². The summed E-state index contributed by atoms with van der Waals surface area (Å²) in [6.07, 6.45) is 0.0788. The summed E-state index contributed by atoms with van der Waals surface area (Å²) in [6.45, 7) is 2.25. The van der Waals surface area contributed by atoms with Crippen molar-refractivity contribution in [1.82, 2.24) is 10.2 Å².